The van der Waals surface area contributed by atoms with Crippen molar-refractivity contribution in [3.05, 3.63) is 0 Å². The third kappa shape index (κ3) is 1.96. The number of hydrogen-bond acceptors (Lipinski definition) is 5. The molecule has 0 unspecified atom stereocenters. The van der Waals surface area contributed by atoms with Crippen LogP contribution in [0.1, 0.15) is 0 Å². The molecule has 1 fully saturated rings. The van der Waals surface area contributed by atoms with Crippen LogP contribution in [0.5, 0.6) is 0 Å². The Labute approximate surface area is 51.4 Å². The van der Waals surface area contributed by atoms with E-state index in [-0.39, 0.29) is 20.1 Å². The summed E-state index contributed by atoms with van der Waals surface area (Å²) in [5.41, 5.74) is 0. The van der Waals surface area contributed by atoms with Crippen LogP contribution in [-0.4, -0.2) is 26.5 Å². The summed E-state index contributed by atoms with van der Waals surface area (Å²) in [6.07, 6.45) is 0. The van der Waals surface area contributed by atoms with E-state index in [4.69, 9.17) is 0 Å². The van der Waals surface area contributed by atoms with Crippen LogP contribution in [0.15, 0.2) is 0 Å². The first-order valence-electron chi connectivity index (χ1n) is 2.33. The molecule has 0 aromatic carbocycles. The van der Waals surface area contributed by atoms with Crippen molar-refractivity contribution < 1.29 is 23.7 Å². The lowest BCUT2D eigenvalue weighted by atomic mass is 11.1. The van der Waals surface area contributed by atoms with Gasteiger partial charge in [0.05, 0.1) is 0 Å². The van der Waals surface area contributed by atoms with Crippen molar-refractivity contribution in [2.75, 3.05) is 13.6 Å². The molecule has 1 saturated heterocycles. The van der Waals surface area contributed by atoms with Gasteiger partial charge in [-0.2, -0.15) is 0 Å². The van der Waals surface area contributed by atoms with E-state index in [1.54, 1.807) is 0 Å². The molecule has 0 aromatic heterocycles. The smallest absolute Gasteiger partial charge is 0.322 e. The fourth-order valence-corrected chi connectivity index (χ4v) is 0.413. The van der Waals surface area contributed by atoms with Gasteiger partial charge in [-0.1, -0.05) is 0 Å². The van der Waals surface area contributed by atoms with Gasteiger partial charge in [-0.3, -0.25) is 14.3 Å². The minimum Gasteiger partial charge on any atom is -0.412 e. The van der Waals surface area contributed by atoms with E-state index in [0.29, 0.717) is 0 Å². The molecule has 1 aliphatic heterocycles. The minimum atomic E-state index is -0.892. The van der Waals surface area contributed by atoms with Crippen LogP contribution in [-0.2, 0) is 23.7 Å². The summed E-state index contributed by atoms with van der Waals surface area (Å²) in [5, 5.41) is 0. The van der Waals surface area contributed by atoms with Crippen molar-refractivity contribution in [2.24, 2.45) is 0 Å². The van der Waals surface area contributed by atoms with Crippen molar-refractivity contribution in [2.45, 2.75) is 6.48 Å². The standard InChI is InChI=1S/C4H6O5/c5-1-7-4-8-2-6-3-9-4/h1,4H,2-3H2. The third-order valence-electron chi connectivity index (χ3n) is 0.742. The van der Waals surface area contributed by atoms with Crippen molar-refractivity contribution in [3.8, 4) is 0 Å². The maximum absolute atomic E-state index is 9.65. The zero-order chi connectivity index (χ0) is 6.53. The lowest BCUT2D eigenvalue weighted by Crippen LogP contribution is -2.28. The number of rotatable bonds is 2. The van der Waals surface area contributed by atoms with Gasteiger partial charge in [0.1, 0.15) is 0 Å². The minimum absolute atomic E-state index is 0.0957. The Morgan fingerprint density at radius 3 is 2.67 bits per heavy atom. The highest BCUT2D eigenvalue weighted by Gasteiger charge is 2.13. The van der Waals surface area contributed by atoms with Crippen molar-refractivity contribution in [1.29, 1.82) is 0 Å². The Hall–Kier alpha value is -0.650. The highest BCUT2D eigenvalue weighted by Crippen LogP contribution is 2.01. The molecule has 0 N–H and O–H groups in total. The largest absolute Gasteiger partial charge is 0.412 e. The first-order valence-corrected chi connectivity index (χ1v) is 2.33. The van der Waals surface area contributed by atoms with Gasteiger partial charge in [-0.05, 0) is 0 Å². The van der Waals surface area contributed by atoms with E-state index in [1.807, 2.05) is 0 Å². The molecule has 0 amide bonds. The van der Waals surface area contributed by atoms with Gasteiger partial charge in [0.2, 0.25) is 0 Å². The van der Waals surface area contributed by atoms with Gasteiger partial charge in [0.25, 0.3) is 6.47 Å². The maximum Gasteiger partial charge on any atom is 0.322 e. The molecule has 0 atom stereocenters. The molecule has 0 aromatic rings. The van der Waals surface area contributed by atoms with Gasteiger partial charge in [0.15, 0.2) is 13.6 Å². The topological polar surface area (TPSA) is 54.0 Å². The van der Waals surface area contributed by atoms with E-state index in [9.17, 15) is 4.79 Å². The predicted octanol–water partition coefficient (Wildman–Crippen LogP) is -0.579. The summed E-state index contributed by atoms with van der Waals surface area (Å²) in [4.78, 5) is 9.65. The summed E-state index contributed by atoms with van der Waals surface area (Å²) in [6, 6.07) is 0. The van der Waals surface area contributed by atoms with Crippen molar-refractivity contribution in [1.82, 2.24) is 0 Å². The predicted molar refractivity (Wildman–Crippen MR) is 23.9 cm³/mol. The molecular formula is C4H6O5. The van der Waals surface area contributed by atoms with Gasteiger partial charge in [-0.25, -0.2) is 0 Å². The second-order valence-electron chi connectivity index (χ2n) is 1.29. The van der Waals surface area contributed by atoms with E-state index < -0.39 is 6.48 Å². The summed E-state index contributed by atoms with van der Waals surface area (Å²) in [5.74, 6) is 0. The molecule has 9 heavy (non-hydrogen) atoms. The van der Waals surface area contributed by atoms with Crippen LogP contribution in [0, 0.1) is 0 Å². The fourth-order valence-electron chi connectivity index (χ4n) is 0.413. The van der Waals surface area contributed by atoms with Gasteiger partial charge >= 0.3 is 6.48 Å². The Morgan fingerprint density at radius 2 is 2.11 bits per heavy atom. The van der Waals surface area contributed by atoms with Crippen LogP contribution in [0.25, 0.3) is 0 Å². The molecule has 0 aliphatic carbocycles. The molecule has 0 radical (unpaired) electrons. The summed E-state index contributed by atoms with van der Waals surface area (Å²) in [7, 11) is 0. The van der Waals surface area contributed by atoms with E-state index in [2.05, 4.69) is 18.9 Å². The number of carbonyl (C=O) groups excluding carboxylic acids is 1. The Morgan fingerprint density at radius 1 is 1.44 bits per heavy atom. The lowest BCUT2D eigenvalue weighted by molar-refractivity contribution is -0.367. The molecule has 1 rings (SSSR count). The number of hydrogen-bond donors (Lipinski definition) is 0. The van der Waals surface area contributed by atoms with Crippen LogP contribution in [0.4, 0.5) is 0 Å². The van der Waals surface area contributed by atoms with Gasteiger partial charge in [-0.15, -0.1) is 0 Å². The number of carbonyl (C=O) groups is 1. The Kier molecular flexibility index (Phi) is 2.44. The average molecular weight is 134 g/mol. The highest BCUT2D eigenvalue weighted by molar-refractivity contribution is 5.36. The van der Waals surface area contributed by atoms with Crippen molar-refractivity contribution in [3.63, 3.8) is 0 Å². The first kappa shape index (κ1) is 6.47. The molecule has 1 aliphatic rings. The van der Waals surface area contributed by atoms with Crippen molar-refractivity contribution >= 4 is 6.47 Å². The normalized spacial score (nSPS) is 21.3. The van der Waals surface area contributed by atoms with Crippen LogP contribution in [0.2, 0.25) is 0 Å². The van der Waals surface area contributed by atoms with Crippen LogP contribution >= 0.6 is 0 Å². The monoisotopic (exact) mass is 134 g/mol. The molecule has 0 spiro atoms. The zero-order valence-corrected chi connectivity index (χ0v) is 4.61. The summed E-state index contributed by atoms with van der Waals surface area (Å²) >= 11 is 0. The van der Waals surface area contributed by atoms with E-state index in [1.165, 1.54) is 0 Å². The molecule has 1 heterocycles. The molecule has 5 nitrogen and oxygen atoms in total. The fraction of sp³-hybridized carbons (Fsp3) is 0.750. The molecule has 52 valence electrons. The maximum atomic E-state index is 9.65. The molecular weight excluding hydrogens is 128 g/mol. The quantitative estimate of drug-likeness (QED) is 0.473. The van der Waals surface area contributed by atoms with Gasteiger partial charge < -0.3 is 9.47 Å². The highest BCUT2D eigenvalue weighted by atomic mass is 16.9. The van der Waals surface area contributed by atoms with Crippen LogP contribution in [0.3, 0.4) is 0 Å². The summed E-state index contributed by atoms with van der Waals surface area (Å²) in [6.45, 7) is -0.441. The summed E-state index contributed by atoms with van der Waals surface area (Å²) < 4.78 is 18.1. The Bertz CT molecular complexity index is 87.0. The molecule has 0 bridgehead atoms. The average Bonchev–Trinajstić information content (AvgIpc) is 1.91. The first-order chi connectivity index (χ1) is 4.43. The second kappa shape index (κ2) is 3.39. The number of ether oxygens (including phenoxy) is 4. The third-order valence-corrected chi connectivity index (χ3v) is 0.742. The van der Waals surface area contributed by atoms with Crippen LogP contribution < -0.4 is 0 Å². The van der Waals surface area contributed by atoms with E-state index >= 15 is 0 Å². The zero-order valence-electron chi connectivity index (χ0n) is 4.61. The SMILES string of the molecule is O=COC1OCOCO1. The molecule has 0 saturated carbocycles. The van der Waals surface area contributed by atoms with E-state index in [0.717, 1.165) is 0 Å². The van der Waals surface area contributed by atoms with Gasteiger partial charge in [0, 0.05) is 0 Å². The second-order valence-corrected chi connectivity index (χ2v) is 1.29. The lowest BCUT2D eigenvalue weighted by Gasteiger charge is -2.20. The Balaban J connectivity index is 2.15. The molecule has 5 heteroatoms.